The number of hydrogen-bond acceptors (Lipinski definition) is 3. The van der Waals surface area contributed by atoms with Crippen LogP contribution in [0.2, 0.25) is 0 Å². The first-order valence-corrected chi connectivity index (χ1v) is 6.59. The van der Waals surface area contributed by atoms with Crippen molar-refractivity contribution >= 4 is 0 Å². The van der Waals surface area contributed by atoms with Crippen LogP contribution in [0.15, 0.2) is 23.0 Å². The van der Waals surface area contributed by atoms with Crippen molar-refractivity contribution in [3.05, 3.63) is 24.2 Å². The van der Waals surface area contributed by atoms with E-state index in [-0.39, 0.29) is 0 Å². The van der Waals surface area contributed by atoms with Gasteiger partial charge in [0.25, 0.3) is 0 Å². The van der Waals surface area contributed by atoms with E-state index in [2.05, 4.69) is 30.7 Å². The maximum atomic E-state index is 5.10. The summed E-state index contributed by atoms with van der Waals surface area (Å²) in [5.74, 6) is 0.828. The molecular weight excluding hydrogens is 212 g/mol. The fraction of sp³-hybridized carbons (Fsp3) is 0.714. The Kier molecular flexibility index (Phi) is 4.24. The molecule has 2 rings (SSSR count). The summed E-state index contributed by atoms with van der Waals surface area (Å²) in [4.78, 5) is 4.98. The van der Waals surface area contributed by atoms with Crippen LogP contribution in [0, 0.1) is 5.92 Å². The smallest absolute Gasteiger partial charge is 0.0947 e. The van der Waals surface area contributed by atoms with E-state index in [1.165, 1.54) is 31.6 Å². The average molecular weight is 236 g/mol. The molecule has 1 atom stereocenters. The van der Waals surface area contributed by atoms with Gasteiger partial charge in [-0.3, -0.25) is 0 Å². The van der Waals surface area contributed by atoms with E-state index >= 15 is 0 Å². The third kappa shape index (κ3) is 3.58. The zero-order chi connectivity index (χ0) is 12.3. The molecule has 1 aromatic heterocycles. The van der Waals surface area contributed by atoms with Gasteiger partial charge < -0.3 is 14.2 Å². The topological polar surface area (TPSA) is 19.6 Å². The molecule has 1 aliphatic heterocycles. The van der Waals surface area contributed by atoms with E-state index < -0.39 is 0 Å². The van der Waals surface area contributed by atoms with Gasteiger partial charge in [0.1, 0.15) is 0 Å². The van der Waals surface area contributed by atoms with E-state index in [1.807, 2.05) is 12.3 Å². The molecule has 1 aromatic rings. The van der Waals surface area contributed by atoms with E-state index in [9.17, 15) is 0 Å². The second kappa shape index (κ2) is 5.69. The van der Waals surface area contributed by atoms with Crippen LogP contribution < -0.4 is 0 Å². The fourth-order valence-corrected chi connectivity index (χ4v) is 2.68. The standard InChI is InChI=1S/C14H24N2O/c1-12(2)16-6-4-13(10-16)8-15(3)9-14-5-7-17-11-14/h5,7,11-13H,4,6,8-10H2,1-3H3/t13-/m1/s1. The van der Waals surface area contributed by atoms with Crippen LogP contribution in [0.25, 0.3) is 0 Å². The monoisotopic (exact) mass is 236 g/mol. The predicted molar refractivity (Wildman–Crippen MR) is 69.9 cm³/mol. The van der Waals surface area contributed by atoms with Gasteiger partial charge in [0.2, 0.25) is 0 Å². The highest BCUT2D eigenvalue weighted by Gasteiger charge is 2.24. The summed E-state index contributed by atoms with van der Waals surface area (Å²) in [6, 6.07) is 2.74. The number of rotatable bonds is 5. The summed E-state index contributed by atoms with van der Waals surface area (Å²) in [5.41, 5.74) is 1.27. The van der Waals surface area contributed by atoms with Crippen LogP contribution in [0.5, 0.6) is 0 Å². The number of likely N-dealkylation sites (tertiary alicyclic amines) is 1. The van der Waals surface area contributed by atoms with E-state index in [1.54, 1.807) is 6.26 Å². The second-order valence-corrected chi connectivity index (χ2v) is 5.57. The lowest BCUT2D eigenvalue weighted by molar-refractivity contribution is 0.235. The van der Waals surface area contributed by atoms with E-state index in [4.69, 9.17) is 4.42 Å². The van der Waals surface area contributed by atoms with Crippen LogP contribution in [0.3, 0.4) is 0 Å². The number of nitrogens with zero attached hydrogens (tertiary/aromatic N) is 2. The lowest BCUT2D eigenvalue weighted by atomic mass is 10.1. The summed E-state index contributed by atoms with van der Waals surface area (Å²) >= 11 is 0. The van der Waals surface area contributed by atoms with Crippen LogP contribution >= 0.6 is 0 Å². The zero-order valence-electron chi connectivity index (χ0n) is 11.2. The Balaban J connectivity index is 1.74. The molecule has 0 N–H and O–H groups in total. The molecule has 0 aliphatic carbocycles. The highest BCUT2D eigenvalue weighted by molar-refractivity contribution is 5.04. The summed E-state index contributed by atoms with van der Waals surface area (Å²) in [6.45, 7) is 9.29. The first kappa shape index (κ1) is 12.7. The van der Waals surface area contributed by atoms with Crippen molar-refractivity contribution in [1.29, 1.82) is 0 Å². The van der Waals surface area contributed by atoms with Crippen molar-refractivity contribution < 1.29 is 4.42 Å². The molecule has 3 heteroatoms. The molecule has 1 saturated heterocycles. The van der Waals surface area contributed by atoms with Gasteiger partial charge in [-0.1, -0.05) is 0 Å². The van der Waals surface area contributed by atoms with Gasteiger partial charge in [-0.05, 0) is 45.8 Å². The quantitative estimate of drug-likeness (QED) is 0.783. The molecular formula is C14H24N2O. The normalized spacial score (nSPS) is 21.8. The SMILES string of the molecule is CC(C)N1CC[C@H](CN(C)Cc2ccoc2)C1. The van der Waals surface area contributed by atoms with Crippen LogP contribution in [-0.4, -0.2) is 42.5 Å². The maximum Gasteiger partial charge on any atom is 0.0947 e. The minimum Gasteiger partial charge on any atom is -0.472 e. The van der Waals surface area contributed by atoms with E-state index in [0.29, 0.717) is 6.04 Å². The van der Waals surface area contributed by atoms with Crippen molar-refractivity contribution in [2.75, 3.05) is 26.7 Å². The van der Waals surface area contributed by atoms with Crippen LogP contribution in [-0.2, 0) is 6.54 Å². The second-order valence-electron chi connectivity index (χ2n) is 5.57. The van der Waals surface area contributed by atoms with Crippen molar-refractivity contribution in [3.8, 4) is 0 Å². The summed E-state index contributed by atoms with van der Waals surface area (Å²) in [6.07, 6.45) is 4.93. The third-order valence-electron chi connectivity index (χ3n) is 3.65. The van der Waals surface area contributed by atoms with Crippen molar-refractivity contribution in [2.45, 2.75) is 32.9 Å². The Morgan fingerprint density at radius 1 is 1.53 bits per heavy atom. The molecule has 0 spiro atoms. The molecule has 0 saturated carbocycles. The molecule has 96 valence electrons. The first-order chi connectivity index (χ1) is 8.15. The molecule has 0 unspecified atom stereocenters. The zero-order valence-corrected chi connectivity index (χ0v) is 11.2. The molecule has 17 heavy (non-hydrogen) atoms. The molecule has 2 heterocycles. The van der Waals surface area contributed by atoms with Crippen LogP contribution in [0.1, 0.15) is 25.8 Å². The van der Waals surface area contributed by atoms with Gasteiger partial charge in [-0.25, -0.2) is 0 Å². The predicted octanol–water partition coefficient (Wildman–Crippen LogP) is 2.44. The van der Waals surface area contributed by atoms with Gasteiger partial charge in [-0.15, -0.1) is 0 Å². The Labute approximate surface area is 104 Å². The minimum atomic E-state index is 0.694. The van der Waals surface area contributed by atoms with Crippen molar-refractivity contribution in [3.63, 3.8) is 0 Å². The lowest BCUT2D eigenvalue weighted by Crippen LogP contribution is -2.31. The molecule has 0 bridgehead atoms. The average Bonchev–Trinajstić information content (AvgIpc) is 2.88. The number of furan rings is 1. The number of hydrogen-bond donors (Lipinski definition) is 0. The Hall–Kier alpha value is -0.800. The molecule has 0 aromatic carbocycles. The summed E-state index contributed by atoms with van der Waals surface area (Å²) in [7, 11) is 2.20. The Morgan fingerprint density at radius 3 is 2.94 bits per heavy atom. The summed E-state index contributed by atoms with van der Waals surface area (Å²) < 4.78 is 5.10. The van der Waals surface area contributed by atoms with E-state index in [0.717, 1.165) is 12.5 Å². The van der Waals surface area contributed by atoms with Crippen LogP contribution in [0.4, 0.5) is 0 Å². The largest absolute Gasteiger partial charge is 0.472 e. The highest BCUT2D eigenvalue weighted by Crippen LogP contribution is 2.19. The highest BCUT2D eigenvalue weighted by atomic mass is 16.3. The third-order valence-corrected chi connectivity index (χ3v) is 3.65. The lowest BCUT2D eigenvalue weighted by Gasteiger charge is -2.23. The molecule has 0 amide bonds. The Morgan fingerprint density at radius 2 is 2.35 bits per heavy atom. The molecule has 3 nitrogen and oxygen atoms in total. The molecule has 1 fully saturated rings. The molecule has 0 radical (unpaired) electrons. The van der Waals surface area contributed by atoms with Gasteiger partial charge in [0.05, 0.1) is 12.5 Å². The van der Waals surface area contributed by atoms with Crippen molar-refractivity contribution in [2.24, 2.45) is 5.92 Å². The van der Waals surface area contributed by atoms with Crippen molar-refractivity contribution in [1.82, 2.24) is 9.80 Å². The fourth-order valence-electron chi connectivity index (χ4n) is 2.68. The molecule has 1 aliphatic rings. The van der Waals surface area contributed by atoms with Gasteiger partial charge >= 0.3 is 0 Å². The van der Waals surface area contributed by atoms with Gasteiger partial charge in [-0.2, -0.15) is 0 Å². The summed E-state index contributed by atoms with van der Waals surface area (Å²) in [5, 5.41) is 0. The van der Waals surface area contributed by atoms with Gasteiger partial charge in [0, 0.05) is 31.2 Å². The Bertz CT molecular complexity index is 321. The first-order valence-electron chi connectivity index (χ1n) is 6.59. The van der Waals surface area contributed by atoms with Gasteiger partial charge in [0.15, 0.2) is 0 Å². The maximum absolute atomic E-state index is 5.10. The minimum absolute atomic E-state index is 0.694.